The molecule has 2 rings (SSSR count). The Morgan fingerprint density at radius 1 is 1.38 bits per heavy atom. The van der Waals surface area contributed by atoms with Crippen molar-refractivity contribution in [1.29, 1.82) is 0 Å². The number of alkyl halides is 3. The summed E-state index contributed by atoms with van der Waals surface area (Å²) in [6.45, 7) is 3.39. The molecule has 0 spiro atoms. The van der Waals surface area contributed by atoms with Crippen molar-refractivity contribution in [3.8, 4) is 0 Å². The van der Waals surface area contributed by atoms with Crippen molar-refractivity contribution < 1.29 is 23.0 Å². The van der Waals surface area contributed by atoms with Crippen LogP contribution in [0, 0.1) is 0 Å². The third kappa shape index (κ3) is 1.36. The van der Waals surface area contributed by atoms with Gasteiger partial charge in [-0.05, 0) is 5.56 Å². The van der Waals surface area contributed by atoms with Gasteiger partial charge in [-0.3, -0.25) is 0 Å². The molecule has 1 aliphatic heterocycles. The lowest BCUT2D eigenvalue weighted by Gasteiger charge is -2.26. The minimum Gasteiger partial charge on any atom is -0.355 e. The van der Waals surface area contributed by atoms with E-state index >= 15 is 0 Å². The van der Waals surface area contributed by atoms with E-state index in [-0.39, 0.29) is 11.1 Å². The number of aliphatic hydroxyl groups is 1. The SMILES string of the molecule is C=CC1OC(O)(C(F)(F)F)c2ccccc21. The second-order valence-electron chi connectivity index (χ2n) is 3.50. The standard InChI is InChI=1S/C11H9F3O2/c1-2-9-7-5-3-4-6-8(7)10(15,16-9)11(12,13)14/h2-6,9,15H,1H2. The second kappa shape index (κ2) is 3.33. The molecule has 1 aromatic carbocycles. The number of hydrogen-bond donors (Lipinski definition) is 1. The molecule has 5 heteroatoms. The summed E-state index contributed by atoms with van der Waals surface area (Å²) in [5, 5.41) is 9.59. The van der Waals surface area contributed by atoms with Gasteiger partial charge in [0.25, 0.3) is 5.79 Å². The minimum atomic E-state index is -4.87. The average molecular weight is 230 g/mol. The lowest BCUT2D eigenvalue weighted by molar-refractivity contribution is -0.374. The predicted molar refractivity (Wildman–Crippen MR) is 50.4 cm³/mol. The van der Waals surface area contributed by atoms with Gasteiger partial charge in [-0.1, -0.05) is 30.3 Å². The van der Waals surface area contributed by atoms with Gasteiger partial charge in [0, 0.05) is 5.56 Å². The van der Waals surface area contributed by atoms with Gasteiger partial charge in [0.05, 0.1) is 0 Å². The van der Waals surface area contributed by atoms with Gasteiger partial charge in [0.2, 0.25) is 0 Å². The maximum absolute atomic E-state index is 12.7. The summed E-state index contributed by atoms with van der Waals surface area (Å²) in [5.41, 5.74) is 0.0183. The van der Waals surface area contributed by atoms with Crippen LogP contribution in [0.15, 0.2) is 36.9 Å². The van der Waals surface area contributed by atoms with E-state index in [1.807, 2.05) is 0 Å². The molecule has 0 radical (unpaired) electrons. The molecule has 0 aromatic heterocycles. The van der Waals surface area contributed by atoms with Crippen LogP contribution in [0.1, 0.15) is 17.2 Å². The molecule has 0 saturated carbocycles. The van der Waals surface area contributed by atoms with Crippen LogP contribution in [-0.4, -0.2) is 11.3 Å². The molecule has 2 nitrogen and oxygen atoms in total. The van der Waals surface area contributed by atoms with Crippen molar-refractivity contribution in [3.05, 3.63) is 48.0 Å². The Labute approximate surface area is 90.0 Å². The number of rotatable bonds is 1. The fourth-order valence-electron chi connectivity index (χ4n) is 1.76. The van der Waals surface area contributed by atoms with Crippen LogP contribution in [0.3, 0.4) is 0 Å². The Balaban J connectivity index is 2.59. The van der Waals surface area contributed by atoms with E-state index in [1.165, 1.54) is 24.3 Å². The number of halogens is 3. The first-order valence-electron chi connectivity index (χ1n) is 4.59. The Kier molecular flexibility index (Phi) is 2.32. The molecule has 2 unspecified atom stereocenters. The molecule has 1 heterocycles. The highest BCUT2D eigenvalue weighted by atomic mass is 19.4. The van der Waals surface area contributed by atoms with Gasteiger partial charge < -0.3 is 9.84 Å². The lowest BCUT2D eigenvalue weighted by Crippen LogP contribution is -2.42. The topological polar surface area (TPSA) is 29.5 Å². The van der Waals surface area contributed by atoms with E-state index in [0.29, 0.717) is 0 Å². The highest BCUT2D eigenvalue weighted by Gasteiger charge is 2.61. The fraction of sp³-hybridized carbons (Fsp3) is 0.273. The van der Waals surface area contributed by atoms with E-state index in [2.05, 4.69) is 11.3 Å². The molecule has 86 valence electrons. The van der Waals surface area contributed by atoms with Gasteiger partial charge in [-0.2, -0.15) is 13.2 Å². The van der Waals surface area contributed by atoms with Crippen molar-refractivity contribution in [2.75, 3.05) is 0 Å². The molecule has 0 aliphatic carbocycles. The normalized spacial score (nSPS) is 28.9. The first-order valence-corrected chi connectivity index (χ1v) is 4.59. The van der Waals surface area contributed by atoms with Crippen LogP contribution in [0.25, 0.3) is 0 Å². The molecular weight excluding hydrogens is 221 g/mol. The summed E-state index contributed by atoms with van der Waals surface area (Å²) < 4.78 is 42.8. The fourth-order valence-corrected chi connectivity index (χ4v) is 1.76. The summed E-state index contributed by atoms with van der Waals surface area (Å²) in [4.78, 5) is 0. The quantitative estimate of drug-likeness (QED) is 0.751. The van der Waals surface area contributed by atoms with E-state index in [9.17, 15) is 18.3 Å². The largest absolute Gasteiger partial charge is 0.448 e. The van der Waals surface area contributed by atoms with Crippen molar-refractivity contribution in [3.63, 3.8) is 0 Å². The molecule has 0 fully saturated rings. The molecule has 1 N–H and O–H groups in total. The first-order chi connectivity index (χ1) is 7.40. The minimum absolute atomic E-state index is 0.271. The molecule has 0 bridgehead atoms. The predicted octanol–water partition coefficient (Wildman–Crippen LogP) is 2.65. The molecule has 1 aromatic rings. The van der Waals surface area contributed by atoms with Crippen molar-refractivity contribution in [2.24, 2.45) is 0 Å². The summed E-state index contributed by atoms with van der Waals surface area (Å²) >= 11 is 0. The summed E-state index contributed by atoms with van der Waals surface area (Å²) in [6.07, 6.45) is -4.59. The van der Waals surface area contributed by atoms with Gasteiger partial charge >= 0.3 is 6.18 Å². The van der Waals surface area contributed by atoms with Crippen LogP contribution in [-0.2, 0) is 10.5 Å². The van der Waals surface area contributed by atoms with Crippen LogP contribution < -0.4 is 0 Å². The average Bonchev–Trinajstić information content (AvgIpc) is 2.53. The maximum Gasteiger partial charge on any atom is 0.448 e. The summed E-state index contributed by atoms with van der Waals surface area (Å²) in [7, 11) is 0. The number of fused-ring (bicyclic) bond motifs is 1. The Bertz CT molecular complexity index is 427. The smallest absolute Gasteiger partial charge is 0.355 e. The summed E-state index contributed by atoms with van der Waals surface area (Å²) in [6, 6.07) is 5.68. The van der Waals surface area contributed by atoms with Crippen LogP contribution >= 0.6 is 0 Å². The van der Waals surface area contributed by atoms with Gasteiger partial charge in [-0.25, -0.2) is 0 Å². The highest BCUT2D eigenvalue weighted by Crippen LogP contribution is 2.50. The van der Waals surface area contributed by atoms with E-state index < -0.39 is 18.1 Å². The van der Waals surface area contributed by atoms with Gasteiger partial charge in [0.15, 0.2) is 0 Å². The zero-order valence-electron chi connectivity index (χ0n) is 8.16. The third-order valence-electron chi connectivity index (χ3n) is 2.53. The molecule has 16 heavy (non-hydrogen) atoms. The monoisotopic (exact) mass is 230 g/mol. The maximum atomic E-state index is 12.7. The number of benzene rings is 1. The van der Waals surface area contributed by atoms with Gasteiger partial charge in [0.1, 0.15) is 6.10 Å². The second-order valence-corrected chi connectivity index (χ2v) is 3.50. The molecule has 0 amide bonds. The molecular formula is C11H9F3O2. The van der Waals surface area contributed by atoms with E-state index in [0.717, 1.165) is 0 Å². The third-order valence-corrected chi connectivity index (χ3v) is 2.53. The van der Waals surface area contributed by atoms with Crippen molar-refractivity contribution in [1.82, 2.24) is 0 Å². The zero-order valence-corrected chi connectivity index (χ0v) is 8.16. The Hall–Kier alpha value is -1.33. The zero-order chi connectivity index (χ0) is 12.0. The highest BCUT2D eigenvalue weighted by molar-refractivity contribution is 5.39. The molecule has 2 atom stereocenters. The molecule has 0 saturated heterocycles. The Morgan fingerprint density at radius 3 is 2.56 bits per heavy atom. The molecule has 1 aliphatic rings. The van der Waals surface area contributed by atoms with E-state index in [1.54, 1.807) is 6.07 Å². The lowest BCUT2D eigenvalue weighted by atomic mass is 9.99. The number of hydrogen-bond acceptors (Lipinski definition) is 2. The first kappa shape index (κ1) is 11.2. The van der Waals surface area contributed by atoms with Crippen LogP contribution in [0.2, 0.25) is 0 Å². The van der Waals surface area contributed by atoms with Gasteiger partial charge in [-0.15, -0.1) is 6.58 Å². The van der Waals surface area contributed by atoms with Crippen LogP contribution in [0.4, 0.5) is 13.2 Å². The van der Waals surface area contributed by atoms with Crippen molar-refractivity contribution in [2.45, 2.75) is 18.1 Å². The number of ether oxygens (including phenoxy) is 1. The summed E-state index contributed by atoms with van der Waals surface area (Å²) in [5.74, 6) is -3.23. The van der Waals surface area contributed by atoms with Crippen LogP contribution in [0.5, 0.6) is 0 Å². The van der Waals surface area contributed by atoms with E-state index in [4.69, 9.17) is 0 Å². The Morgan fingerprint density at radius 2 is 2.00 bits per heavy atom. The van der Waals surface area contributed by atoms with Crippen molar-refractivity contribution >= 4 is 0 Å².